The topological polar surface area (TPSA) is 69.0 Å². The summed E-state index contributed by atoms with van der Waals surface area (Å²) >= 11 is 0. The summed E-state index contributed by atoms with van der Waals surface area (Å²) in [4.78, 5) is 17.2. The molecular formula is C26H26N4O2. The summed E-state index contributed by atoms with van der Waals surface area (Å²) in [6.07, 6.45) is 2.30. The van der Waals surface area contributed by atoms with E-state index in [2.05, 4.69) is 17.4 Å². The first-order chi connectivity index (χ1) is 15.6. The largest absolute Gasteiger partial charge is 0.468 e. The minimum absolute atomic E-state index is 0.0802. The molecule has 0 spiro atoms. The highest BCUT2D eigenvalue weighted by Gasteiger charge is 2.30. The van der Waals surface area contributed by atoms with Crippen molar-refractivity contribution < 1.29 is 9.53 Å². The third-order valence-electron chi connectivity index (χ3n) is 5.89. The molecule has 0 saturated heterocycles. The Hall–Kier alpha value is -3.67. The zero-order valence-electron chi connectivity index (χ0n) is 18.3. The number of rotatable bonds is 7. The van der Waals surface area contributed by atoms with Crippen molar-refractivity contribution in [1.29, 1.82) is 0 Å². The number of hydrogen-bond acceptors (Lipinski definition) is 4. The Morgan fingerprint density at radius 2 is 1.81 bits per heavy atom. The Balaban J connectivity index is 1.38. The Bertz CT molecular complexity index is 1250. The molecule has 2 aromatic carbocycles. The van der Waals surface area contributed by atoms with Crippen LogP contribution in [-0.4, -0.2) is 27.3 Å². The molecule has 32 heavy (non-hydrogen) atoms. The summed E-state index contributed by atoms with van der Waals surface area (Å²) in [7, 11) is 1.90. The second-order valence-electron chi connectivity index (χ2n) is 8.35. The van der Waals surface area contributed by atoms with Crippen LogP contribution in [0.3, 0.4) is 0 Å². The van der Waals surface area contributed by atoms with Crippen molar-refractivity contribution >= 4 is 16.9 Å². The third kappa shape index (κ3) is 4.08. The normalized spacial score (nSPS) is 14.3. The third-order valence-corrected chi connectivity index (χ3v) is 5.89. The van der Waals surface area contributed by atoms with E-state index in [0.29, 0.717) is 11.8 Å². The number of aryl methyl sites for hydroxylation is 1. The van der Waals surface area contributed by atoms with Crippen molar-refractivity contribution in [1.82, 2.24) is 20.1 Å². The van der Waals surface area contributed by atoms with Crippen LogP contribution >= 0.6 is 0 Å². The van der Waals surface area contributed by atoms with Gasteiger partial charge in [0.05, 0.1) is 11.4 Å². The van der Waals surface area contributed by atoms with Crippen molar-refractivity contribution in [2.24, 2.45) is 7.05 Å². The quantitative estimate of drug-likeness (QED) is 0.462. The molecule has 162 valence electrons. The van der Waals surface area contributed by atoms with E-state index in [1.54, 1.807) is 4.68 Å². The van der Waals surface area contributed by atoms with E-state index < -0.39 is 0 Å². The predicted octanol–water partition coefficient (Wildman–Crippen LogP) is 4.77. The van der Waals surface area contributed by atoms with Crippen molar-refractivity contribution in [3.8, 4) is 17.1 Å². The van der Waals surface area contributed by atoms with Gasteiger partial charge >= 0.3 is 0 Å². The van der Waals surface area contributed by atoms with E-state index in [1.165, 1.54) is 5.56 Å². The SMILES string of the molecule is CC(NC(=O)COc1cc(C2CC2)c2c(-c3ccccc3)nn(C)c2n1)c1ccccc1. The van der Waals surface area contributed by atoms with E-state index in [4.69, 9.17) is 14.8 Å². The Morgan fingerprint density at radius 1 is 1.12 bits per heavy atom. The highest BCUT2D eigenvalue weighted by atomic mass is 16.5. The van der Waals surface area contributed by atoms with Crippen LogP contribution < -0.4 is 10.1 Å². The summed E-state index contributed by atoms with van der Waals surface area (Å²) in [5, 5.41) is 8.82. The van der Waals surface area contributed by atoms with E-state index in [-0.39, 0.29) is 18.6 Å². The highest BCUT2D eigenvalue weighted by molar-refractivity contribution is 5.95. The lowest BCUT2D eigenvalue weighted by Crippen LogP contribution is -2.31. The highest BCUT2D eigenvalue weighted by Crippen LogP contribution is 2.46. The summed E-state index contributed by atoms with van der Waals surface area (Å²) in [5.41, 5.74) is 5.05. The molecule has 6 nitrogen and oxygen atoms in total. The van der Waals surface area contributed by atoms with Gasteiger partial charge < -0.3 is 10.1 Å². The molecule has 1 aliphatic carbocycles. The predicted molar refractivity (Wildman–Crippen MR) is 124 cm³/mol. The molecule has 0 bridgehead atoms. The lowest BCUT2D eigenvalue weighted by molar-refractivity contribution is -0.123. The molecule has 6 heteroatoms. The van der Waals surface area contributed by atoms with Crippen molar-refractivity contribution in [2.45, 2.75) is 31.7 Å². The fraction of sp³-hybridized carbons (Fsp3) is 0.269. The number of aromatic nitrogens is 3. The molecule has 1 aliphatic rings. The van der Waals surface area contributed by atoms with Crippen LogP contribution in [0.25, 0.3) is 22.3 Å². The van der Waals surface area contributed by atoms with Gasteiger partial charge in [-0.25, -0.2) is 4.68 Å². The molecule has 1 amide bonds. The molecule has 4 aromatic rings. The van der Waals surface area contributed by atoms with Gasteiger partial charge in [-0.3, -0.25) is 4.79 Å². The van der Waals surface area contributed by atoms with Gasteiger partial charge in [0.25, 0.3) is 5.91 Å². The van der Waals surface area contributed by atoms with Gasteiger partial charge in [-0.05, 0) is 36.8 Å². The first kappa shape index (κ1) is 20.2. The lowest BCUT2D eigenvalue weighted by atomic mass is 10.0. The monoisotopic (exact) mass is 426 g/mol. The smallest absolute Gasteiger partial charge is 0.258 e. The average Bonchev–Trinajstić information content (AvgIpc) is 3.62. The second-order valence-corrected chi connectivity index (χ2v) is 8.35. The number of carbonyl (C=O) groups excluding carboxylic acids is 1. The van der Waals surface area contributed by atoms with Crippen LogP contribution in [0.4, 0.5) is 0 Å². The number of benzene rings is 2. The average molecular weight is 427 g/mol. The summed E-state index contributed by atoms with van der Waals surface area (Å²) < 4.78 is 7.64. The minimum atomic E-state index is -0.175. The molecule has 1 atom stereocenters. The molecule has 5 rings (SSSR count). The molecule has 2 heterocycles. The Labute approximate surface area is 187 Å². The van der Waals surface area contributed by atoms with Gasteiger partial charge in [-0.1, -0.05) is 60.7 Å². The molecule has 1 fully saturated rings. The number of ether oxygens (including phenoxy) is 1. The maximum absolute atomic E-state index is 12.5. The molecule has 1 saturated carbocycles. The van der Waals surface area contributed by atoms with Crippen molar-refractivity contribution in [3.05, 3.63) is 77.9 Å². The van der Waals surface area contributed by atoms with Gasteiger partial charge in [0.15, 0.2) is 12.3 Å². The lowest BCUT2D eigenvalue weighted by Gasteiger charge is -2.15. The van der Waals surface area contributed by atoms with E-state index in [0.717, 1.165) is 40.7 Å². The first-order valence-electron chi connectivity index (χ1n) is 11.0. The minimum Gasteiger partial charge on any atom is -0.468 e. The van der Waals surface area contributed by atoms with Crippen LogP contribution in [0.2, 0.25) is 0 Å². The number of pyridine rings is 1. The number of fused-ring (bicyclic) bond motifs is 1. The van der Waals surface area contributed by atoms with Crippen molar-refractivity contribution in [2.75, 3.05) is 6.61 Å². The number of carbonyl (C=O) groups is 1. The van der Waals surface area contributed by atoms with E-state index >= 15 is 0 Å². The van der Waals surface area contributed by atoms with Crippen LogP contribution in [0, 0.1) is 0 Å². The molecule has 1 N–H and O–H groups in total. The molecule has 0 radical (unpaired) electrons. The van der Waals surface area contributed by atoms with Gasteiger partial charge in [0.1, 0.15) is 5.69 Å². The summed E-state index contributed by atoms with van der Waals surface area (Å²) in [6, 6.07) is 22.0. The van der Waals surface area contributed by atoms with Gasteiger partial charge in [0.2, 0.25) is 5.88 Å². The summed E-state index contributed by atoms with van der Waals surface area (Å²) in [6.45, 7) is 1.88. The zero-order chi connectivity index (χ0) is 22.1. The Morgan fingerprint density at radius 3 is 2.50 bits per heavy atom. The number of amides is 1. The molecule has 1 unspecified atom stereocenters. The molecule has 0 aliphatic heterocycles. The second kappa shape index (κ2) is 8.46. The zero-order valence-corrected chi connectivity index (χ0v) is 18.3. The fourth-order valence-corrected chi connectivity index (χ4v) is 4.09. The van der Waals surface area contributed by atoms with Crippen molar-refractivity contribution in [3.63, 3.8) is 0 Å². The van der Waals surface area contributed by atoms with Gasteiger partial charge in [-0.2, -0.15) is 10.1 Å². The summed E-state index contributed by atoms with van der Waals surface area (Å²) in [5.74, 6) is 0.775. The first-order valence-corrected chi connectivity index (χ1v) is 11.0. The van der Waals surface area contributed by atoms with Crippen LogP contribution in [0.15, 0.2) is 66.7 Å². The molecule has 2 aromatic heterocycles. The maximum Gasteiger partial charge on any atom is 0.258 e. The van der Waals surface area contributed by atoms with E-state index in [9.17, 15) is 4.79 Å². The van der Waals surface area contributed by atoms with Gasteiger partial charge in [0, 0.05) is 18.7 Å². The van der Waals surface area contributed by atoms with Crippen LogP contribution in [-0.2, 0) is 11.8 Å². The Kier molecular flexibility index (Phi) is 5.35. The number of nitrogens with zero attached hydrogens (tertiary/aromatic N) is 3. The standard InChI is InChI=1S/C26H26N4O2/c1-17(18-9-5-3-6-10-18)27-22(31)16-32-23-15-21(19-13-14-19)24-25(20-11-7-4-8-12-20)29-30(2)26(24)28-23/h3-12,15,17,19H,13-14,16H2,1-2H3,(H,27,31). The van der Waals surface area contributed by atoms with Crippen LogP contribution in [0.1, 0.15) is 42.9 Å². The maximum atomic E-state index is 12.5. The fourth-order valence-electron chi connectivity index (χ4n) is 4.09. The van der Waals surface area contributed by atoms with Crippen LogP contribution in [0.5, 0.6) is 5.88 Å². The molecular weight excluding hydrogens is 400 g/mol. The van der Waals surface area contributed by atoms with E-state index in [1.807, 2.05) is 68.6 Å². The number of hydrogen-bond donors (Lipinski definition) is 1. The number of nitrogens with one attached hydrogen (secondary N) is 1. The van der Waals surface area contributed by atoms with Gasteiger partial charge in [-0.15, -0.1) is 0 Å².